The van der Waals surface area contributed by atoms with E-state index in [9.17, 15) is 0 Å². The summed E-state index contributed by atoms with van der Waals surface area (Å²) in [6.07, 6.45) is 5.49. The Labute approximate surface area is 140 Å². The van der Waals surface area contributed by atoms with Gasteiger partial charge in [-0.25, -0.2) is 0 Å². The molecule has 0 amide bonds. The summed E-state index contributed by atoms with van der Waals surface area (Å²) in [6.45, 7) is 10.2. The Balaban J connectivity index is 0.00000200. The Hall–Kier alpha value is -0.0400. The van der Waals surface area contributed by atoms with Gasteiger partial charge in [-0.1, -0.05) is 26.7 Å². The predicted octanol–water partition coefficient (Wildman–Crippen LogP) is 2.86. The van der Waals surface area contributed by atoms with Crippen LogP contribution in [0.15, 0.2) is 4.99 Å². The fraction of sp³-hybridized carbons (Fsp3) is 0.933. The molecule has 0 aromatic carbocycles. The summed E-state index contributed by atoms with van der Waals surface area (Å²) in [7, 11) is 0. The summed E-state index contributed by atoms with van der Waals surface area (Å²) in [5, 5.41) is 0. The van der Waals surface area contributed by atoms with Crippen molar-refractivity contribution in [2.75, 3.05) is 26.2 Å². The highest BCUT2D eigenvalue weighted by atomic mass is 127. The van der Waals surface area contributed by atoms with Gasteiger partial charge < -0.3 is 15.4 Å². The van der Waals surface area contributed by atoms with Gasteiger partial charge >= 0.3 is 0 Å². The Morgan fingerprint density at radius 2 is 2.00 bits per heavy atom. The van der Waals surface area contributed by atoms with Gasteiger partial charge in [0.2, 0.25) is 0 Å². The molecule has 1 aliphatic carbocycles. The second kappa shape index (κ2) is 7.82. The zero-order chi connectivity index (χ0) is 13.9. The third kappa shape index (κ3) is 5.06. The molecule has 0 aromatic rings. The van der Waals surface area contributed by atoms with Crippen molar-refractivity contribution in [2.45, 2.75) is 52.6 Å². The van der Waals surface area contributed by atoms with Crippen LogP contribution in [-0.4, -0.2) is 43.2 Å². The molecular weight excluding hydrogens is 365 g/mol. The maximum Gasteiger partial charge on any atom is 0.191 e. The maximum absolute atomic E-state index is 6.13. The van der Waals surface area contributed by atoms with Crippen LogP contribution in [0.25, 0.3) is 0 Å². The summed E-state index contributed by atoms with van der Waals surface area (Å²) in [6, 6.07) is 0. The van der Waals surface area contributed by atoms with Crippen molar-refractivity contribution in [1.29, 1.82) is 0 Å². The van der Waals surface area contributed by atoms with Crippen LogP contribution < -0.4 is 5.73 Å². The van der Waals surface area contributed by atoms with Gasteiger partial charge in [0.15, 0.2) is 5.96 Å². The van der Waals surface area contributed by atoms with Crippen LogP contribution in [0.4, 0.5) is 0 Å². The molecule has 2 N–H and O–H groups in total. The number of aliphatic imine (C=N–C) groups is 1. The molecule has 1 unspecified atom stereocenters. The van der Waals surface area contributed by atoms with Crippen LogP contribution in [0.1, 0.15) is 46.5 Å². The van der Waals surface area contributed by atoms with E-state index in [1.54, 1.807) is 0 Å². The van der Waals surface area contributed by atoms with Crippen LogP contribution >= 0.6 is 24.0 Å². The average molecular weight is 395 g/mol. The molecule has 1 heterocycles. The largest absolute Gasteiger partial charge is 0.375 e. The highest BCUT2D eigenvalue weighted by Gasteiger charge is 2.29. The summed E-state index contributed by atoms with van der Waals surface area (Å²) < 4.78 is 5.53. The molecule has 2 fully saturated rings. The molecular formula is C15H30IN3O. The molecule has 4 nitrogen and oxygen atoms in total. The third-order valence-electron chi connectivity index (χ3n) is 4.67. The first-order chi connectivity index (χ1) is 8.98. The van der Waals surface area contributed by atoms with Gasteiger partial charge in [-0.2, -0.15) is 0 Å². The Morgan fingerprint density at radius 1 is 1.35 bits per heavy atom. The Kier molecular flexibility index (Phi) is 7.04. The monoisotopic (exact) mass is 395 g/mol. The van der Waals surface area contributed by atoms with Crippen molar-refractivity contribution in [3.05, 3.63) is 0 Å². The van der Waals surface area contributed by atoms with Crippen molar-refractivity contribution >= 4 is 29.9 Å². The fourth-order valence-corrected chi connectivity index (χ4v) is 3.02. The number of ether oxygens (including phenoxy) is 1. The highest BCUT2D eigenvalue weighted by molar-refractivity contribution is 14.0. The molecule has 0 bridgehead atoms. The van der Waals surface area contributed by atoms with E-state index in [1.807, 2.05) is 0 Å². The van der Waals surface area contributed by atoms with E-state index in [0.717, 1.165) is 32.2 Å². The molecule has 1 saturated heterocycles. The van der Waals surface area contributed by atoms with Crippen molar-refractivity contribution < 1.29 is 4.74 Å². The Bertz CT molecular complexity index is 327. The summed E-state index contributed by atoms with van der Waals surface area (Å²) in [5.74, 6) is 1.59. The summed E-state index contributed by atoms with van der Waals surface area (Å²) in [5.41, 5.74) is 6.49. The highest BCUT2D eigenvalue weighted by Crippen LogP contribution is 2.38. The maximum atomic E-state index is 6.13. The minimum Gasteiger partial charge on any atom is -0.375 e. The van der Waals surface area contributed by atoms with Crippen LogP contribution in [0.3, 0.4) is 0 Å². The van der Waals surface area contributed by atoms with Gasteiger partial charge in [-0.05, 0) is 31.1 Å². The van der Waals surface area contributed by atoms with Crippen LogP contribution in [0.2, 0.25) is 0 Å². The van der Waals surface area contributed by atoms with Gasteiger partial charge in [0.25, 0.3) is 0 Å². The van der Waals surface area contributed by atoms with Gasteiger partial charge in [0.1, 0.15) is 0 Å². The van der Waals surface area contributed by atoms with E-state index in [0.29, 0.717) is 11.4 Å². The van der Waals surface area contributed by atoms with E-state index in [4.69, 9.17) is 10.5 Å². The number of morpholine rings is 1. The van der Waals surface area contributed by atoms with Gasteiger partial charge in [-0.15, -0.1) is 24.0 Å². The van der Waals surface area contributed by atoms with Crippen LogP contribution in [-0.2, 0) is 4.74 Å². The lowest BCUT2D eigenvalue weighted by Gasteiger charge is -2.36. The fourth-order valence-electron chi connectivity index (χ4n) is 3.02. The minimum absolute atomic E-state index is 0. The van der Waals surface area contributed by atoms with Gasteiger partial charge in [0.05, 0.1) is 12.7 Å². The van der Waals surface area contributed by atoms with E-state index in [2.05, 4.69) is 30.7 Å². The number of nitrogens with two attached hydrogens (primary N) is 1. The second-order valence-corrected chi connectivity index (χ2v) is 6.80. The van der Waals surface area contributed by atoms with Crippen LogP contribution in [0.5, 0.6) is 0 Å². The Morgan fingerprint density at radius 3 is 2.60 bits per heavy atom. The molecule has 0 spiro atoms. The third-order valence-corrected chi connectivity index (χ3v) is 4.67. The van der Waals surface area contributed by atoms with E-state index in [-0.39, 0.29) is 30.1 Å². The number of rotatable bonds is 2. The molecule has 1 atom stereocenters. The van der Waals surface area contributed by atoms with E-state index < -0.39 is 0 Å². The van der Waals surface area contributed by atoms with Gasteiger partial charge in [0, 0.05) is 19.6 Å². The first-order valence-corrected chi connectivity index (χ1v) is 7.65. The molecule has 2 rings (SSSR count). The topological polar surface area (TPSA) is 50.8 Å². The van der Waals surface area contributed by atoms with Crippen LogP contribution in [0, 0.1) is 11.3 Å². The lowest BCUT2D eigenvalue weighted by molar-refractivity contribution is 0.00520. The first-order valence-electron chi connectivity index (χ1n) is 7.65. The molecule has 5 heteroatoms. The molecule has 1 saturated carbocycles. The zero-order valence-electron chi connectivity index (χ0n) is 13.1. The molecule has 2 aliphatic rings. The first kappa shape index (κ1) is 18.0. The molecule has 118 valence electrons. The van der Waals surface area contributed by atoms with Gasteiger partial charge in [-0.3, -0.25) is 4.99 Å². The number of hydrogen-bond acceptors (Lipinski definition) is 2. The second-order valence-electron chi connectivity index (χ2n) is 6.80. The van der Waals surface area contributed by atoms with E-state index >= 15 is 0 Å². The number of nitrogens with zero attached hydrogens (tertiary/aromatic N) is 2. The van der Waals surface area contributed by atoms with Crippen molar-refractivity contribution in [1.82, 2.24) is 4.90 Å². The summed E-state index contributed by atoms with van der Waals surface area (Å²) >= 11 is 0. The smallest absolute Gasteiger partial charge is 0.191 e. The SMILES string of the molecule is CC1CCC(C)(CN=C(N)N2CCOC(C)C2)CC1.I. The lowest BCUT2D eigenvalue weighted by atomic mass is 9.72. The molecule has 1 aliphatic heterocycles. The normalized spacial score (nSPS) is 35.5. The van der Waals surface area contributed by atoms with E-state index in [1.165, 1.54) is 25.7 Å². The van der Waals surface area contributed by atoms with Crippen molar-refractivity contribution in [2.24, 2.45) is 22.1 Å². The van der Waals surface area contributed by atoms with Crippen molar-refractivity contribution in [3.63, 3.8) is 0 Å². The number of halogens is 1. The molecule has 0 radical (unpaired) electrons. The average Bonchev–Trinajstić information content (AvgIpc) is 2.40. The lowest BCUT2D eigenvalue weighted by Crippen LogP contribution is -2.48. The zero-order valence-corrected chi connectivity index (χ0v) is 15.4. The predicted molar refractivity (Wildman–Crippen MR) is 94.6 cm³/mol. The quantitative estimate of drug-likeness (QED) is 0.445. The summed E-state index contributed by atoms with van der Waals surface area (Å²) in [4.78, 5) is 6.82. The standard InChI is InChI=1S/C15H29N3O.HI/c1-12-4-6-15(3,7-5-12)11-17-14(16)18-8-9-19-13(2)10-18;/h12-13H,4-11H2,1-3H3,(H2,16,17);1H. The molecule has 20 heavy (non-hydrogen) atoms. The van der Waals surface area contributed by atoms with Crippen molar-refractivity contribution in [3.8, 4) is 0 Å². The number of hydrogen-bond donors (Lipinski definition) is 1. The minimum atomic E-state index is 0. The number of guanidine groups is 1. The molecule has 0 aromatic heterocycles.